The van der Waals surface area contributed by atoms with E-state index in [1.807, 2.05) is 33.3 Å². The topological polar surface area (TPSA) is 102 Å². The summed E-state index contributed by atoms with van der Waals surface area (Å²) in [5, 5.41) is 9.38. The maximum absolute atomic E-state index is 12.0. The van der Waals surface area contributed by atoms with Crippen molar-refractivity contribution in [1.82, 2.24) is 0 Å². The van der Waals surface area contributed by atoms with Crippen molar-refractivity contribution in [1.29, 1.82) is 0 Å². The minimum atomic E-state index is -4.28. The van der Waals surface area contributed by atoms with Crippen LogP contribution >= 0.6 is 7.82 Å². The van der Waals surface area contributed by atoms with Gasteiger partial charge in [0.15, 0.2) is 0 Å². The quantitative estimate of drug-likeness (QED) is 0.0496. The number of aliphatic hydroxyl groups excluding tert-OH is 1. The summed E-state index contributed by atoms with van der Waals surface area (Å²) in [6, 6.07) is 0. The van der Waals surface area contributed by atoms with Crippen LogP contribution in [0.25, 0.3) is 0 Å². The van der Waals surface area contributed by atoms with Gasteiger partial charge < -0.3 is 19.2 Å². The maximum atomic E-state index is 12.0. The van der Waals surface area contributed by atoms with Gasteiger partial charge in [0.1, 0.15) is 19.3 Å². The molecule has 0 saturated heterocycles. The van der Waals surface area contributed by atoms with E-state index in [2.05, 4.69) is 31.2 Å². The molecule has 0 saturated carbocycles. The largest absolute Gasteiger partial charge is 0.472 e. The molecule has 0 spiro atoms. The fraction of sp³-hybridized carbons (Fsp3) is 0.750. The van der Waals surface area contributed by atoms with Crippen LogP contribution in [0.3, 0.4) is 0 Å². The van der Waals surface area contributed by atoms with E-state index in [1.165, 1.54) is 44.9 Å². The van der Waals surface area contributed by atoms with Gasteiger partial charge in [-0.05, 0) is 32.1 Å². The molecule has 0 radical (unpaired) electrons. The predicted molar refractivity (Wildman–Crippen MR) is 150 cm³/mol. The van der Waals surface area contributed by atoms with Gasteiger partial charge in [0.2, 0.25) is 0 Å². The second-order valence-electron chi connectivity index (χ2n) is 10.2. The first-order valence-corrected chi connectivity index (χ1v) is 15.3. The van der Waals surface area contributed by atoms with Gasteiger partial charge in [0.05, 0.1) is 34.4 Å². The van der Waals surface area contributed by atoms with Crippen LogP contribution in [0.4, 0.5) is 0 Å². The van der Waals surface area contributed by atoms with Crippen LogP contribution < -0.4 is 0 Å². The second-order valence-corrected chi connectivity index (χ2v) is 11.7. The summed E-state index contributed by atoms with van der Waals surface area (Å²) < 4.78 is 27.4. The average Bonchev–Trinajstić information content (AvgIpc) is 2.82. The van der Waals surface area contributed by atoms with Crippen molar-refractivity contribution in [3.63, 3.8) is 0 Å². The maximum Gasteiger partial charge on any atom is 0.472 e. The standard InChI is InChI=1S/C28H52NO7P/c1-5-6-7-8-9-10-11-12-13-14-15-16-17-18-19-20-21-22-28(31)36-27(25-30)26-35-37(32,33)34-24-23-29(2,3)4/h13-14,16-17,19-20,27,30H,5-12,15,18,21-26H2,1-4H3/p+1/b14-13-,17-16-,20-19-. The Balaban J connectivity index is 3.88. The number of carbonyl (C=O) groups is 1. The summed E-state index contributed by atoms with van der Waals surface area (Å²) in [5.41, 5.74) is 0. The number of nitrogens with zero attached hydrogens (tertiary/aromatic N) is 1. The van der Waals surface area contributed by atoms with Crippen molar-refractivity contribution in [3.05, 3.63) is 36.5 Å². The van der Waals surface area contributed by atoms with Crippen molar-refractivity contribution < 1.29 is 37.6 Å². The number of likely N-dealkylation sites (N-methyl/N-ethyl adjacent to an activating group) is 1. The van der Waals surface area contributed by atoms with E-state index in [9.17, 15) is 19.4 Å². The van der Waals surface area contributed by atoms with Crippen molar-refractivity contribution >= 4 is 13.8 Å². The van der Waals surface area contributed by atoms with Crippen molar-refractivity contribution in [2.45, 2.75) is 90.1 Å². The van der Waals surface area contributed by atoms with Gasteiger partial charge >= 0.3 is 13.8 Å². The molecule has 0 aliphatic rings. The second kappa shape index (κ2) is 22.7. The van der Waals surface area contributed by atoms with E-state index in [4.69, 9.17) is 13.8 Å². The Morgan fingerprint density at radius 2 is 1.43 bits per heavy atom. The summed E-state index contributed by atoms with van der Waals surface area (Å²) in [5.74, 6) is -0.507. The lowest BCUT2D eigenvalue weighted by Crippen LogP contribution is -2.37. The molecule has 2 atom stereocenters. The van der Waals surface area contributed by atoms with E-state index in [1.54, 1.807) is 0 Å². The highest BCUT2D eigenvalue weighted by Crippen LogP contribution is 2.43. The fourth-order valence-electron chi connectivity index (χ4n) is 3.21. The monoisotopic (exact) mass is 546 g/mol. The zero-order chi connectivity index (χ0) is 27.8. The number of allylic oxidation sites excluding steroid dienone is 6. The summed E-state index contributed by atoms with van der Waals surface area (Å²) in [7, 11) is 1.50. The molecule has 2 unspecified atom stereocenters. The Bertz CT molecular complexity index is 701. The molecule has 0 fully saturated rings. The molecule has 37 heavy (non-hydrogen) atoms. The highest BCUT2D eigenvalue weighted by atomic mass is 31.2. The van der Waals surface area contributed by atoms with Crippen LogP contribution in [0.1, 0.15) is 84.0 Å². The third-order valence-electron chi connectivity index (χ3n) is 5.48. The summed E-state index contributed by atoms with van der Waals surface area (Å²) >= 11 is 0. The minimum absolute atomic E-state index is 0.0401. The number of hydrogen-bond donors (Lipinski definition) is 2. The van der Waals surface area contributed by atoms with Crippen LogP contribution in [0, 0.1) is 0 Å². The first kappa shape index (κ1) is 35.7. The average molecular weight is 547 g/mol. The molecular formula is C28H53NO7P+. The predicted octanol–water partition coefficient (Wildman–Crippen LogP) is 6.10. The molecule has 0 aromatic heterocycles. The Morgan fingerprint density at radius 1 is 0.865 bits per heavy atom. The molecule has 0 aromatic carbocycles. The molecule has 0 heterocycles. The Labute approximate surface area is 225 Å². The molecule has 2 N–H and O–H groups in total. The number of unbranched alkanes of at least 4 members (excludes halogenated alkanes) is 7. The summed E-state index contributed by atoms with van der Waals surface area (Å²) in [6.07, 6.45) is 24.5. The highest BCUT2D eigenvalue weighted by molar-refractivity contribution is 7.47. The zero-order valence-corrected chi connectivity index (χ0v) is 24.6. The van der Waals surface area contributed by atoms with Crippen molar-refractivity contribution in [2.75, 3.05) is 47.5 Å². The number of hydrogen-bond acceptors (Lipinski definition) is 6. The number of phosphoric acid groups is 1. The number of phosphoric ester groups is 1. The number of carbonyl (C=O) groups excluding carboxylic acids is 1. The number of rotatable bonds is 24. The lowest BCUT2D eigenvalue weighted by atomic mass is 10.1. The molecule has 0 bridgehead atoms. The Morgan fingerprint density at radius 3 is 2.03 bits per heavy atom. The van der Waals surface area contributed by atoms with Crippen LogP contribution in [0.5, 0.6) is 0 Å². The van der Waals surface area contributed by atoms with Gasteiger partial charge in [0.25, 0.3) is 0 Å². The van der Waals surface area contributed by atoms with E-state index in [0.29, 0.717) is 17.4 Å². The smallest absolute Gasteiger partial charge is 0.457 e. The SMILES string of the molecule is CCCCCCCCC/C=C\C/C=C\C/C=C\CCC(=O)OC(CO)COP(=O)(O)OCC[N+](C)(C)C. The van der Waals surface area contributed by atoms with Gasteiger partial charge in [-0.2, -0.15) is 0 Å². The molecule has 0 aromatic rings. The normalized spacial score (nSPS) is 15.1. The van der Waals surface area contributed by atoms with Gasteiger partial charge in [-0.25, -0.2) is 4.57 Å². The number of esters is 1. The molecule has 8 nitrogen and oxygen atoms in total. The summed E-state index contributed by atoms with van der Waals surface area (Å²) in [6.45, 7) is 1.87. The third kappa shape index (κ3) is 26.1. The molecule has 0 aliphatic carbocycles. The number of quaternary nitrogens is 1. The van der Waals surface area contributed by atoms with E-state index in [-0.39, 0.29) is 13.0 Å². The van der Waals surface area contributed by atoms with E-state index >= 15 is 0 Å². The lowest BCUT2D eigenvalue weighted by Gasteiger charge is -2.24. The number of ether oxygens (including phenoxy) is 1. The van der Waals surface area contributed by atoms with Gasteiger partial charge in [-0.1, -0.05) is 81.9 Å². The van der Waals surface area contributed by atoms with Crippen molar-refractivity contribution in [3.8, 4) is 0 Å². The first-order valence-electron chi connectivity index (χ1n) is 13.8. The fourth-order valence-corrected chi connectivity index (χ4v) is 3.95. The third-order valence-corrected chi connectivity index (χ3v) is 6.46. The van der Waals surface area contributed by atoms with Gasteiger partial charge in [-0.3, -0.25) is 13.8 Å². The summed E-state index contributed by atoms with van der Waals surface area (Å²) in [4.78, 5) is 21.7. The lowest BCUT2D eigenvalue weighted by molar-refractivity contribution is -0.870. The van der Waals surface area contributed by atoms with Gasteiger partial charge in [-0.15, -0.1) is 0 Å². The van der Waals surface area contributed by atoms with Crippen LogP contribution in [-0.2, 0) is 23.1 Å². The van der Waals surface area contributed by atoms with Crippen LogP contribution in [0.15, 0.2) is 36.5 Å². The zero-order valence-electron chi connectivity index (χ0n) is 23.7. The van der Waals surface area contributed by atoms with E-state index < -0.39 is 33.1 Å². The number of aliphatic hydroxyl groups is 1. The van der Waals surface area contributed by atoms with Crippen LogP contribution in [-0.4, -0.2) is 74.1 Å². The minimum Gasteiger partial charge on any atom is -0.457 e. The van der Waals surface area contributed by atoms with Crippen LogP contribution in [0.2, 0.25) is 0 Å². The van der Waals surface area contributed by atoms with E-state index in [0.717, 1.165) is 19.3 Å². The highest BCUT2D eigenvalue weighted by Gasteiger charge is 2.25. The molecular weight excluding hydrogens is 493 g/mol. The molecule has 9 heteroatoms. The Hall–Kier alpha value is -1.28. The Kier molecular flexibility index (Phi) is 21.9. The van der Waals surface area contributed by atoms with Gasteiger partial charge in [0, 0.05) is 6.42 Å². The molecule has 216 valence electrons. The van der Waals surface area contributed by atoms with Crippen molar-refractivity contribution in [2.24, 2.45) is 0 Å². The first-order chi connectivity index (χ1) is 17.6. The molecule has 0 rings (SSSR count). The molecule has 0 amide bonds. The molecule has 0 aliphatic heterocycles.